The van der Waals surface area contributed by atoms with Gasteiger partial charge in [0.05, 0.1) is 17.9 Å². The third-order valence-corrected chi connectivity index (χ3v) is 2.25. The van der Waals surface area contributed by atoms with Crippen molar-refractivity contribution in [2.45, 2.75) is 27.7 Å². The lowest BCUT2D eigenvalue weighted by molar-refractivity contribution is 0.0524. The summed E-state index contributed by atoms with van der Waals surface area (Å²) >= 11 is 0. The highest BCUT2D eigenvalue weighted by Crippen LogP contribution is 2.08. The Balaban J connectivity index is 2.73. The van der Waals surface area contributed by atoms with Gasteiger partial charge in [-0.2, -0.15) is 0 Å². The number of hydrogen-bond acceptors (Lipinski definition) is 5. The van der Waals surface area contributed by atoms with Crippen LogP contribution in [0.4, 0.5) is 5.95 Å². The van der Waals surface area contributed by atoms with Crippen molar-refractivity contribution in [3.63, 3.8) is 0 Å². The summed E-state index contributed by atoms with van der Waals surface area (Å²) in [6.45, 7) is 8.60. The molecule has 18 heavy (non-hydrogen) atoms. The minimum Gasteiger partial charge on any atom is -0.462 e. The molecule has 0 spiro atoms. The molecule has 1 aromatic heterocycles. The summed E-state index contributed by atoms with van der Waals surface area (Å²) in [6.07, 6.45) is 3.53. The summed E-state index contributed by atoms with van der Waals surface area (Å²) in [5, 5.41) is 3.06. The Morgan fingerprint density at radius 3 is 2.78 bits per heavy atom. The second kappa shape index (κ2) is 6.74. The number of allylic oxidation sites excluding steroid dienone is 1. The number of nitrogens with one attached hydrogen (secondary N) is 1. The fraction of sp³-hybridized carbons (Fsp3) is 0.462. The molecule has 1 heterocycles. The molecular formula is C13H19N3O2. The van der Waals surface area contributed by atoms with Gasteiger partial charge in [0.1, 0.15) is 0 Å². The second-order valence-corrected chi connectivity index (χ2v) is 4.08. The molecule has 0 aliphatic heterocycles. The van der Waals surface area contributed by atoms with Crippen molar-refractivity contribution in [2.75, 3.05) is 18.5 Å². The number of aromatic nitrogens is 2. The van der Waals surface area contributed by atoms with Crippen LogP contribution in [-0.2, 0) is 4.74 Å². The van der Waals surface area contributed by atoms with Crippen LogP contribution in [0.1, 0.15) is 36.8 Å². The van der Waals surface area contributed by atoms with Gasteiger partial charge in [-0.3, -0.25) is 0 Å². The number of ether oxygens (including phenoxy) is 1. The number of anilines is 1. The maximum atomic E-state index is 11.5. The third kappa shape index (κ3) is 4.16. The third-order valence-electron chi connectivity index (χ3n) is 2.25. The SMILES string of the molecule is CCOC(=O)c1cnc(NCC=C(C)C)nc1C. The molecule has 0 radical (unpaired) electrons. The van der Waals surface area contributed by atoms with Crippen molar-refractivity contribution in [1.29, 1.82) is 0 Å². The highest BCUT2D eigenvalue weighted by atomic mass is 16.5. The molecular weight excluding hydrogens is 230 g/mol. The Hall–Kier alpha value is -1.91. The first-order valence-corrected chi connectivity index (χ1v) is 5.92. The minimum atomic E-state index is -0.383. The van der Waals surface area contributed by atoms with E-state index < -0.39 is 0 Å². The number of carbonyl (C=O) groups is 1. The molecule has 0 saturated carbocycles. The summed E-state index contributed by atoms with van der Waals surface area (Å²) in [5.41, 5.74) is 2.25. The summed E-state index contributed by atoms with van der Waals surface area (Å²) in [7, 11) is 0. The Morgan fingerprint density at radius 2 is 2.22 bits per heavy atom. The average molecular weight is 249 g/mol. The van der Waals surface area contributed by atoms with Crippen molar-refractivity contribution >= 4 is 11.9 Å². The molecule has 0 aliphatic carbocycles. The highest BCUT2D eigenvalue weighted by Gasteiger charge is 2.12. The van der Waals surface area contributed by atoms with E-state index in [0.717, 1.165) is 0 Å². The summed E-state index contributed by atoms with van der Waals surface area (Å²) in [6, 6.07) is 0. The van der Waals surface area contributed by atoms with Crippen LogP contribution in [0.25, 0.3) is 0 Å². The van der Waals surface area contributed by atoms with E-state index >= 15 is 0 Å². The smallest absolute Gasteiger partial charge is 0.341 e. The molecule has 0 unspecified atom stereocenters. The quantitative estimate of drug-likeness (QED) is 0.641. The molecule has 0 aromatic carbocycles. The fourth-order valence-corrected chi connectivity index (χ4v) is 1.31. The molecule has 1 N–H and O–H groups in total. The lowest BCUT2D eigenvalue weighted by atomic mass is 10.2. The molecule has 0 amide bonds. The highest BCUT2D eigenvalue weighted by molar-refractivity contribution is 5.90. The van der Waals surface area contributed by atoms with Gasteiger partial charge in [-0.25, -0.2) is 14.8 Å². The molecule has 0 fully saturated rings. The van der Waals surface area contributed by atoms with Gasteiger partial charge >= 0.3 is 5.97 Å². The number of aryl methyl sites for hydroxylation is 1. The van der Waals surface area contributed by atoms with E-state index in [-0.39, 0.29) is 5.97 Å². The average Bonchev–Trinajstić information content (AvgIpc) is 2.28. The van der Waals surface area contributed by atoms with Gasteiger partial charge in [-0.1, -0.05) is 11.6 Å². The van der Waals surface area contributed by atoms with Crippen LogP contribution in [-0.4, -0.2) is 29.1 Å². The zero-order valence-electron chi connectivity index (χ0n) is 11.3. The molecule has 0 bridgehead atoms. The van der Waals surface area contributed by atoms with Crippen LogP contribution in [0.3, 0.4) is 0 Å². The predicted octanol–water partition coefficient (Wildman–Crippen LogP) is 2.34. The first-order chi connectivity index (χ1) is 8.54. The lowest BCUT2D eigenvalue weighted by Crippen LogP contribution is -2.11. The standard InChI is InChI=1S/C13H19N3O2/c1-5-18-12(17)11-8-15-13(16-10(11)4)14-7-6-9(2)3/h6,8H,5,7H2,1-4H3,(H,14,15,16). The maximum Gasteiger partial charge on any atom is 0.341 e. The maximum absolute atomic E-state index is 11.5. The van der Waals surface area contributed by atoms with E-state index in [1.807, 2.05) is 19.9 Å². The van der Waals surface area contributed by atoms with Gasteiger partial charge < -0.3 is 10.1 Å². The minimum absolute atomic E-state index is 0.346. The van der Waals surface area contributed by atoms with Gasteiger partial charge in [0.15, 0.2) is 0 Å². The number of carbonyl (C=O) groups excluding carboxylic acids is 1. The van der Waals surface area contributed by atoms with E-state index in [4.69, 9.17) is 4.74 Å². The van der Waals surface area contributed by atoms with E-state index in [9.17, 15) is 4.79 Å². The van der Waals surface area contributed by atoms with Crippen molar-refractivity contribution < 1.29 is 9.53 Å². The Labute approximate surface area is 107 Å². The van der Waals surface area contributed by atoms with Crippen LogP contribution >= 0.6 is 0 Å². The molecule has 1 rings (SSSR count). The summed E-state index contributed by atoms with van der Waals surface area (Å²) < 4.78 is 4.91. The summed E-state index contributed by atoms with van der Waals surface area (Å²) in [4.78, 5) is 19.9. The van der Waals surface area contributed by atoms with Crippen molar-refractivity contribution in [2.24, 2.45) is 0 Å². The number of hydrogen-bond donors (Lipinski definition) is 1. The van der Waals surface area contributed by atoms with Gasteiger partial charge in [0, 0.05) is 12.7 Å². The predicted molar refractivity (Wildman–Crippen MR) is 70.6 cm³/mol. The first-order valence-electron chi connectivity index (χ1n) is 5.92. The fourth-order valence-electron chi connectivity index (χ4n) is 1.31. The normalized spacial score (nSPS) is 9.78. The number of esters is 1. The molecule has 98 valence electrons. The van der Waals surface area contributed by atoms with Crippen LogP contribution in [0.5, 0.6) is 0 Å². The molecule has 0 saturated heterocycles. The second-order valence-electron chi connectivity index (χ2n) is 4.08. The molecule has 5 nitrogen and oxygen atoms in total. The molecule has 0 aliphatic rings. The van der Waals surface area contributed by atoms with Crippen molar-refractivity contribution in [3.8, 4) is 0 Å². The van der Waals surface area contributed by atoms with Gasteiger partial charge in [0.2, 0.25) is 5.95 Å². The molecule has 1 aromatic rings. The van der Waals surface area contributed by atoms with Gasteiger partial charge in [-0.05, 0) is 27.7 Å². The topological polar surface area (TPSA) is 64.1 Å². The zero-order chi connectivity index (χ0) is 13.5. The van der Waals surface area contributed by atoms with E-state index in [2.05, 4.69) is 15.3 Å². The number of nitrogens with zero attached hydrogens (tertiary/aromatic N) is 2. The van der Waals surface area contributed by atoms with Crippen LogP contribution in [0.2, 0.25) is 0 Å². The Morgan fingerprint density at radius 1 is 1.50 bits per heavy atom. The van der Waals surface area contributed by atoms with Crippen molar-refractivity contribution in [1.82, 2.24) is 9.97 Å². The largest absolute Gasteiger partial charge is 0.462 e. The van der Waals surface area contributed by atoms with Crippen molar-refractivity contribution in [3.05, 3.63) is 29.1 Å². The van der Waals surface area contributed by atoms with E-state index in [1.54, 1.807) is 13.8 Å². The van der Waals surface area contributed by atoms with Gasteiger partial charge in [0.25, 0.3) is 0 Å². The van der Waals surface area contributed by atoms with Crippen LogP contribution in [0.15, 0.2) is 17.8 Å². The van der Waals surface area contributed by atoms with Gasteiger partial charge in [-0.15, -0.1) is 0 Å². The first kappa shape index (κ1) is 14.2. The molecule has 5 heteroatoms. The zero-order valence-corrected chi connectivity index (χ0v) is 11.3. The lowest BCUT2D eigenvalue weighted by Gasteiger charge is -2.07. The monoisotopic (exact) mass is 249 g/mol. The van der Waals surface area contributed by atoms with E-state index in [0.29, 0.717) is 30.4 Å². The van der Waals surface area contributed by atoms with Crippen LogP contribution in [0, 0.1) is 6.92 Å². The van der Waals surface area contributed by atoms with E-state index in [1.165, 1.54) is 11.8 Å². The number of rotatable bonds is 5. The Bertz CT molecular complexity index is 452. The van der Waals surface area contributed by atoms with Crippen LogP contribution < -0.4 is 5.32 Å². The Kier molecular flexibility index (Phi) is 5.30. The molecule has 0 atom stereocenters. The summed E-state index contributed by atoms with van der Waals surface area (Å²) in [5.74, 6) is 0.129.